The number of nitrogens with one attached hydrogen (secondary N) is 1. The number of unbranched alkanes of at least 4 members (excludes halogenated alkanes) is 3. The van der Waals surface area contributed by atoms with Crippen LogP contribution in [-0.4, -0.2) is 30.0 Å². The lowest BCUT2D eigenvalue weighted by Gasteiger charge is -2.07. The SMILES string of the molecule is CCCCCCC1CNC(C)=[N+]1C. The van der Waals surface area contributed by atoms with E-state index in [9.17, 15) is 0 Å². The second-order valence-electron chi connectivity index (χ2n) is 4.08. The van der Waals surface area contributed by atoms with Crippen LogP contribution in [-0.2, 0) is 0 Å². The summed E-state index contributed by atoms with van der Waals surface area (Å²) in [5.74, 6) is 1.33. The van der Waals surface area contributed by atoms with E-state index in [1.807, 2.05) is 0 Å². The van der Waals surface area contributed by atoms with Crippen molar-refractivity contribution in [3.05, 3.63) is 0 Å². The zero-order valence-corrected chi connectivity index (χ0v) is 9.27. The maximum atomic E-state index is 3.40. The van der Waals surface area contributed by atoms with E-state index in [1.54, 1.807) is 0 Å². The van der Waals surface area contributed by atoms with Gasteiger partial charge in [0.15, 0.2) is 0 Å². The van der Waals surface area contributed by atoms with Gasteiger partial charge in [0, 0.05) is 6.92 Å². The Hall–Kier alpha value is -0.530. The lowest BCUT2D eigenvalue weighted by atomic mass is 10.1. The van der Waals surface area contributed by atoms with Crippen molar-refractivity contribution in [1.82, 2.24) is 5.32 Å². The highest BCUT2D eigenvalue weighted by Gasteiger charge is 2.24. The molecule has 2 heteroatoms. The molecule has 2 nitrogen and oxygen atoms in total. The molecule has 0 saturated heterocycles. The second kappa shape index (κ2) is 5.25. The minimum Gasteiger partial charge on any atom is -0.274 e. The predicted octanol–water partition coefficient (Wildman–Crippen LogP) is 1.99. The first-order valence-electron chi connectivity index (χ1n) is 5.56. The summed E-state index contributed by atoms with van der Waals surface area (Å²) in [5, 5.41) is 3.40. The minimum absolute atomic E-state index is 0.747. The van der Waals surface area contributed by atoms with Crippen molar-refractivity contribution in [3.63, 3.8) is 0 Å². The van der Waals surface area contributed by atoms with Gasteiger partial charge in [-0.3, -0.25) is 9.89 Å². The average Bonchev–Trinajstić information content (AvgIpc) is 2.43. The molecule has 0 fully saturated rings. The van der Waals surface area contributed by atoms with Gasteiger partial charge in [-0.2, -0.15) is 0 Å². The standard InChI is InChI=1S/C11H22N2/c1-4-5-6-7-8-11-9-12-10(2)13(11)3/h11H,4-9H2,1-3H3/p+1. The Balaban J connectivity index is 2.16. The number of likely N-dealkylation sites (N-methyl/N-ethyl adjacent to an activating group) is 1. The molecular weight excluding hydrogens is 160 g/mol. The Morgan fingerprint density at radius 3 is 2.69 bits per heavy atom. The molecule has 1 N–H and O–H groups in total. The van der Waals surface area contributed by atoms with Gasteiger partial charge in [0.2, 0.25) is 5.84 Å². The van der Waals surface area contributed by atoms with Gasteiger partial charge < -0.3 is 0 Å². The lowest BCUT2D eigenvalue weighted by molar-refractivity contribution is -0.528. The van der Waals surface area contributed by atoms with Gasteiger partial charge >= 0.3 is 0 Å². The van der Waals surface area contributed by atoms with Gasteiger partial charge in [-0.05, 0) is 12.8 Å². The zero-order chi connectivity index (χ0) is 9.68. The van der Waals surface area contributed by atoms with E-state index in [2.05, 4.69) is 30.8 Å². The van der Waals surface area contributed by atoms with Crippen LogP contribution in [0.4, 0.5) is 0 Å². The van der Waals surface area contributed by atoms with Gasteiger partial charge in [-0.1, -0.05) is 26.2 Å². The summed E-state index contributed by atoms with van der Waals surface area (Å²) in [5.41, 5.74) is 0. The number of hydrogen-bond donors (Lipinski definition) is 1. The molecule has 0 saturated carbocycles. The van der Waals surface area contributed by atoms with Crippen molar-refractivity contribution in [3.8, 4) is 0 Å². The Bertz CT molecular complexity index is 185. The molecule has 1 unspecified atom stereocenters. The molecule has 1 aliphatic heterocycles. The Labute approximate surface area is 82.0 Å². The summed E-state index contributed by atoms with van der Waals surface area (Å²) >= 11 is 0. The van der Waals surface area contributed by atoms with E-state index in [-0.39, 0.29) is 0 Å². The number of hydrogen-bond acceptors (Lipinski definition) is 1. The molecule has 0 radical (unpaired) electrons. The molecule has 1 heterocycles. The summed E-state index contributed by atoms with van der Waals surface area (Å²) in [6, 6.07) is 0.747. The van der Waals surface area contributed by atoms with Crippen LogP contribution < -0.4 is 5.32 Å². The van der Waals surface area contributed by atoms with Crippen LogP contribution in [0.15, 0.2) is 0 Å². The second-order valence-corrected chi connectivity index (χ2v) is 4.08. The van der Waals surface area contributed by atoms with Crippen LogP contribution in [0.2, 0.25) is 0 Å². The number of rotatable bonds is 5. The zero-order valence-electron chi connectivity index (χ0n) is 9.27. The van der Waals surface area contributed by atoms with Crippen LogP contribution in [0.5, 0.6) is 0 Å². The topological polar surface area (TPSA) is 15.0 Å². The predicted molar refractivity (Wildman–Crippen MR) is 57.4 cm³/mol. The van der Waals surface area contributed by atoms with E-state index in [0.29, 0.717) is 0 Å². The summed E-state index contributed by atoms with van der Waals surface area (Å²) < 4.78 is 2.38. The lowest BCUT2D eigenvalue weighted by Crippen LogP contribution is -2.22. The number of amidine groups is 1. The fraction of sp³-hybridized carbons (Fsp3) is 0.909. The van der Waals surface area contributed by atoms with Crippen molar-refractivity contribution in [2.75, 3.05) is 13.6 Å². The first kappa shape index (κ1) is 10.6. The highest BCUT2D eigenvalue weighted by atomic mass is 15.2. The Morgan fingerprint density at radius 1 is 1.38 bits per heavy atom. The quantitative estimate of drug-likeness (QED) is 0.509. The minimum atomic E-state index is 0.747. The van der Waals surface area contributed by atoms with Crippen molar-refractivity contribution < 1.29 is 4.58 Å². The van der Waals surface area contributed by atoms with Crippen LogP contribution in [0.1, 0.15) is 46.0 Å². The molecule has 13 heavy (non-hydrogen) atoms. The van der Waals surface area contributed by atoms with E-state index in [0.717, 1.165) is 12.6 Å². The van der Waals surface area contributed by atoms with Crippen LogP contribution >= 0.6 is 0 Å². The fourth-order valence-corrected chi connectivity index (χ4v) is 1.90. The number of nitrogens with zero attached hydrogens (tertiary/aromatic N) is 1. The van der Waals surface area contributed by atoms with E-state index in [1.165, 1.54) is 37.9 Å². The monoisotopic (exact) mass is 183 g/mol. The molecule has 1 aliphatic rings. The maximum Gasteiger partial charge on any atom is 0.241 e. The maximum absolute atomic E-state index is 3.40. The molecule has 76 valence electrons. The first-order valence-corrected chi connectivity index (χ1v) is 5.56. The molecule has 0 amide bonds. The summed E-state index contributed by atoms with van der Waals surface area (Å²) in [4.78, 5) is 0. The summed E-state index contributed by atoms with van der Waals surface area (Å²) in [6.07, 6.45) is 6.87. The molecule has 0 aromatic heterocycles. The van der Waals surface area contributed by atoms with Gasteiger partial charge in [0.1, 0.15) is 12.6 Å². The third-order valence-electron chi connectivity index (χ3n) is 3.06. The van der Waals surface area contributed by atoms with Crippen molar-refractivity contribution in [2.45, 2.75) is 52.0 Å². The van der Waals surface area contributed by atoms with Gasteiger partial charge in [0.25, 0.3) is 0 Å². The highest BCUT2D eigenvalue weighted by molar-refractivity contribution is 5.75. The fourth-order valence-electron chi connectivity index (χ4n) is 1.90. The first-order chi connectivity index (χ1) is 6.25. The Kier molecular flexibility index (Phi) is 4.26. The third-order valence-corrected chi connectivity index (χ3v) is 3.06. The molecule has 0 aromatic carbocycles. The van der Waals surface area contributed by atoms with Crippen LogP contribution in [0.25, 0.3) is 0 Å². The van der Waals surface area contributed by atoms with Crippen molar-refractivity contribution in [1.29, 1.82) is 0 Å². The largest absolute Gasteiger partial charge is 0.274 e. The smallest absolute Gasteiger partial charge is 0.241 e. The third kappa shape index (κ3) is 3.02. The van der Waals surface area contributed by atoms with Gasteiger partial charge in [0.05, 0.1) is 7.05 Å². The molecule has 1 rings (SSSR count). The molecule has 0 spiro atoms. The summed E-state index contributed by atoms with van der Waals surface area (Å²) in [7, 11) is 2.19. The normalized spacial score (nSPS) is 22.2. The van der Waals surface area contributed by atoms with Gasteiger partial charge in [-0.15, -0.1) is 0 Å². The molecule has 0 aromatic rings. The van der Waals surface area contributed by atoms with Crippen molar-refractivity contribution >= 4 is 5.84 Å². The Morgan fingerprint density at radius 2 is 2.15 bits per heavy atom. The molecule has 0 aliphatic carbocycles. The van der Waals surface area contributed by atoms with Crippen molar-refractivity contribution in [2.24, 2.45) is 0 Å². The van der Waals surface area contributed by atoms with Gasteiger partial charge in [-0.25, -0.2) is 0 Å². The van der Waals surface area contributed by atoms with Crippen LogP contribution in [0.3, 0.4) is 0 Å². The highest BCUT2D eigenvalue weighted by Crippen LogP contribution is 2.09. The average molecular weight is 183 g/mol. The summed E-state index contributed by atoms with van der Waals surface area (Å²) in [6.45, 7) is 5.57. The van der Waals surface area contributed by atoms with E-state index < -0.39 is 0 Å². The molecular formula is C11H23N2+. The molecule has 1 atom stereocenters. The van der Waals surface area contributed by atoms with E-state index in [4.69, 9.17) is 0 Å². The van der Waals surface area contributed by atoms with E-state index >= 15 is 0 Å². The van der Waals surface area contributed by atoms with Crippen LogP contribution in [0, 0.1) is 0 Å². The molecule has 0 bridgehead atoms.